The molecule has 0 radical (unpaired) electrons. The lowest BCUT2D eigenvalue weighted by Crippen LogP contribution is -2.64. The van der Waals surface area contributed by atoms with E-state index in [1.165, 1.54) is 12.1 Å². The highest BCUT2D eigenvalue weighted by Crippen LogP contribution is 2.41. The summed E-state index contributed by atoms with van der Waals surface area (Å²) in [7, 11) is 0. The fraction of sp³-hybridized carbons (Fsp3) is 0.364. The summed E-state index contributed by atoms with van der Waals surface area (Å²) in [5.41, 5.74) is 3.52. The molecule has 15 heteroatoms. The zero-order chi connectivity index (χ0) is 34.1. The predicted octanol–water partition coefficient (Wildman–Crippen LogP) is 4.10. The van der Waals surface area contributed by atoms with Crippen molar-refractivity contribution in [2.75, 3.05) is 31.9 Å². The molecule has 3 atom stereocenters. The van der Waals surface area contributed by atoms with Crippen molar-refractivity contribution >= 4 is 23.2 Å². The van der Waals surface area contributed by atoms with Gasteiger partial charge in [-0.25, -0.2) is 28.1 Å². The minimum Gasteiger partial charge on any atom is -0.437 e. The maximum atomic E-state index is 15.8. The fourth-order valence-electron chi connectivity index (χ4n) is 6.35. The molecule has 0 bridgehead atoms. The van der Waals surface area contributed by atoms with E-state index in [4.69, 9.17) is 22.1 Å². The number of carbonyl (C=O) groups excluding carboxylic acids is 1. The van der Waals surface area contributed by atoms with Crippen LogP contribution in [0.15, 0.2) is 78.0 Å². The van der Waals surface area contributed by atoms with E-state index in [9.17, 15) is 19.1 Å². The molecule has 2 aromatic carbocycles. The molecule has 0 unspecified atom stereocenters. The van der Waals surface area contributed by atoms with Crippen LogP contribution in [-0.4, -0.2) is 78.0 Å². The van der Waals surface area contributed by atoms with Crippen molar-refractivity contribution in [1.82, 2.24) is 29.3 Å². The van der Waals surface area contributed by atoms with E-state index in [0.29, 0.717) is 26.1 Å². The Hall–Kier alpha value is -4.53. The molecule has 2 aromatic heterocycles. The first-order valence-electron chi connectivity index (χ1n) is 15.3. The van der Waals surface area contributed by atoms with Gasteiger partial charge in [-0.15, -0.1) is 0 Å². The number of nitrogens with zero attached hydrogens (tertiary/aromatic N) is 6. The number of piperidine rings is 2. The second-order valence-corrected chi connectivity index (χ2v) is 12.5. The van der Waals surface area contributed by atoms with Gasteiger partial charge in [-0.2, -0.15) is 0 Å². The fourth-order valence-corrected chi connectivity index (χ4v) is 6.51. The van der Waals surface area contributed by atoms with Crippen LogP contribution in [-0.2, 0) is 17.9 Å². The van der Waals surface area contributed by atoms with Crippen molar-refractivity contribution in [2.24, 2.45) is 5.92 Å². The van der Waals surface area contributed by atoms with Crippen LogP contribution in [0.3, 0.4) is 0 Å². The van der Waals surface area contributed by atoms with Crippen LogP contribution in [0.4, 0.5) is 18.9 Å². The Morgan fingerprint density at radius 1 is 1.08 bits per heavy atom. The number of nitrogens with two attached hydrogens (primary N) is 1. The predicted molar refractivity (Wildman–Crippen MR) is 170 cm³/mol. The number of nitrogen functional groups attached to an aromatic ring is 1. The molecule has 2 aliphatic heterocycles. The zero-order valence-corrected chi connectivity index (χ0v) is 26.4. The number of aliphatic hydroxyl groups is 1. The van der Waals surface area contributed by atoms with Gasteiger partial charge in [0.2, 0.25) is 17.1 Å². The topological polar surface area (TPSA) is 140 Å². The van der Waals surface area contributed by atoms with Crippen LogP contribution in [0, 0.1) is 11.7 Å². The van der Waals surface area contributed by atoms with Gasteiger partial charge in [0, 0.05) is 44.1 Å². The summed E-state index contributed by atoms with van der Waals surface area (Å²) in [5.74, 6) is -5.66. The van der Waals surface area contributed by atoms with Crippen molar-refractivity contribution in [3.05, 3.63) is 106 Å². The highest BCUT2D eigenvalue weighted by atomic mass is 35.5. The number of rotatable bonds is 8. The molecule has 2 saturated heterocycles. The average Bonchev–Trinajstić information content (AvgIpc) is 3.07. The largest absolute Gasteiger partial charge is 0.437 e. The number of halogens is 4. The molecule has 0 saturated carbocycles. The van der Waals surface area contributed by atoms with Gasteiger partial charge in [0.05, 0.1) is 18.8 Å². The van der Waals surface area contributed by atoms with Crippen LogP contribution >= 0.6 is 11.6 Å². The van der Waals surface area contributed by atoms with E-state index in [1.807, 2.05) is 30.3 Å². The molecular weight excluding hydrogens is 651 g/mol. The zero-order valence-electron chi connectivity index (χ0n) is 25.7. The highest BCUT2D eigenvalue weighted by molar-refractivity contribution is 6.28. The van der Waals surface area contributed by atoms with Gasteiger partial charge in [0.1, 0.15) is 23.5 Å². The number of likely N-dealkylation sites (tertiary alicyclic amines) is 2. The Kier molecular flexibility index (Phi) is 9.41. The first kappa shape index (κ1) is 33.4. The van der Waals surface area contributed by atoms with Gasteiger partial charge in [-0.3, -0.25) is 19.1 Å². The Bertz CT molecular complexity index is 1830. The van der Waals surface area contributed by atoms with Crippen LogP contribution < -0.4 is 16.0 Å². The first-order chi connectivity index (χ1) is 22.9. The van der Waals surface area contributed by atoms with Crippen molar-refractivity contribution in [1.29, 1.82) is 0 Å². The third kappa shape index (κ3) is 7.00. The minimum atomic E-state index is -3.77. The molecule has 4 heterocycles. The lowest BCUT2D eigenvalue weighted by molar-refractivity contribution is -0.223. The summed E-state index contributed by atoms with van der Waals surface area (Å²) in [5, 5.41) is 11.4. The summed E-state index contributed by atoms with van der Waals surface area (Å²) in [6.45, 7) is -0.461. The van der Waals surface area contributed by atoms with E-state index < -0.39 is 59.9 Å². The number of ether oxygens (including phenoxy) is 1. The molecule has 3 N–H and O–H groups in total. The van der Waals surface area contributed by atoms with E-state index >= 15 is 8.78 Å². The quantitative estimate of drug-likeness (QED) is 0.263. The van der Waals surface area contributed by atoms with Crippen LogP contribution in [0.2, 0.25) is 5.28 Å². The number of hydrogen-bond acceptors (Lipinski definition) is 9. The second-order valence-electron chi connectivity index (χ2n) is 12.2. The molecule has 4 aromatic rings. The smallest absolute Gasteiger partial charge is 0.295 e. The normalized spacial score (nSPS) is 22.7. The van der Waals surface area contributed by atoms with Gasteiger partial charge < -0.3 is 20.5 Å². The Morgan fingerprint density at radius 3 is 2.54 bits per heavy atom. The van der Waals surface area contributed by atoms with Crippen LogP contribution in [0.25, 0.3) is 0 Å². The molecule has 0 spiro atoms. The summed E-state index contributed by atoms with van der Waals surface area (Å²) in [4.78, 5) is 42.4. The lowest BCUT2D eigenvalue weighted by Gasteiger charge is -2.46. The number of carbonyl (C=O) groups is 1. The summed E-state index contributed by atoms with van der Waals surface area (Å²) in [6.07, 6.45) is 2.47. The molecule has 2 fully saturated rings. The maximum Gasteiger partial charge on any atom is 0.295 e. The molecule has 1 amide bonds. The van der Waals surface area contributed by atoms with Gasteiger partial charge in [0.15, 0.2) is 5.69 Å². The van der Waals surface area contributed by atoms with Gasteiger partial charge in [-0.05, 0) is 60.5 Å². The van der Waals surface area contributed by atoms with Gasteiger partial charge in [0.25, 0.3) is 11.5 Å². The summed E-state index contributed by atoms with van der Waals surface area (Å²) < 4.78 is 51.1. The maximum absolute atomic E-state index is 15.8. The number of alkyl halides is 2. The monoisotopic (exact) mass is 683 g/mol. The number of anilines is 1. The van der Waals surface area contributed by atoms with E-state index in [1.54, 1.807) is 12.3 Å². The number of hydrogen-bond donors (Lipinski definition) is 2. The minimum absolute atomic E-state index is 0.140. The Balaban J connectivity index is 1.15. The number of amides is 1. The lowest BCUT2D eigenvalue weighted by atomic mass is 9.78. The standard InChI is InChI=1S/C33H33ClF3N7O4/c34-31-39-13-10-23(41-31)16-42-14-11-25(26(17-42)21-4-2-1-3-5-21)29(45)43-15-12-32(47,33(36,37)19-43)18-44-20-40-28(27(38)30(44)46)48-24-8-6-22(35)7-9-24/h1-10,13,20,25-26,47H,11-12,14-19,38H2/t25-,26+,32+/m1/s1. The molecule has 252 valence electrons. The SMILES string of the molecule is Nc1c(Oc2ccc(F)cc2)ncn(C[C@@]2(O)CCN(C(=O)[C@@H]3CCN(Cc4ccnc(Cl)n4)C[C@H]3c3ccccc3)CC2(F)F)c1=O. The second kappa shape index (κ2) is 13.5. The highest BCUT2D eigenvalue weighted by Gasteiger charge is 2.57. The third-order valence-electron chi connectivity index (χ3n) is 8.98. The Morgan fingerprint density at radius 2 is 1.83 bits per heavy atom. The van der Waals surface area contributed by atoms with Gasteiger partial charge >= 0.3 is 0 Å². The Labute approximate surface area is 278 Å². The van der Waals surface area contributed by atoms with Crippen molar-refractivity contribution in [3.8, 4) is 11.6 Å². The van der Waals surface area contributed by atoms with Crippen LogP contribution in [0.5, 0.6) is 11.6 Å². The molecule has 2 aliphatic rings. The third-order valence-corrected chi connectivity index (χ3v) is 9.17. The summed E-state index contributed by atoms with van der Waals surface area (Å²) >= 11 is 5.97. The molecule has 0 aliphatic carbocycles. The van der Waals surface area contributed by atoms with Crippen LogP contribution in [0.1, 0.15) is 30.0 Å². The molecule has 11 nitrogen and oxygen atoms in total. The van der Waals surface area contributed by atoms with Gasteiger partial charge in [-0.1, -0.05) is 30.3 Å². The molecule has 48 heavy (non-hydrogen) atoms. The van der Waals surface area contributed by atoms with Crippen molar-refractivity contribution < 1.29 is 27.8 Å². The molecule has 6 rings (SSSR count). The van der Waals surface area contributed by atoms with Crippen molar-refractivity contribution in [3.63, 3.8) is 0 Å². The first-order valence-corrected chi connectivity index (χ1v) is 15.7. The summed E-state index contributed by atoms with van der Waals surface area (Å²) in [6, 6.07) is 16.1. The number of aromatic nitrogens is 4. The average molecular weight is 684 g/mol. The number of benzene rings is 2. The van der Waals surface area contributed by atoms with E-state index in [-0.39, 0.29) is 29.4 Å². The molecular formula is C33H33ClF3N7O4. The van der Waals surface area contributed by atoms with E-state index in [2.05, 4.69) is 19.9 Å². The van der Waals surface area contributed by atoms with Crippen molar-refractivity contribution in [2.45, 2.75) is 43.4 Å². The van der Waals surface area contributed by atoms with E-state index in [0.717, 1.165) is 39.2 Å².